The second kappa shape index (κ2) is 6.11. The summed E-state index contributed by atoms with van der Waals surface area (Å²) >= 11 is 3.55. The fourth-order valence-corrected chi connectivity index (χ4v) is 3.44. The Morgan fingerprint density at radius 2 is 1.73 bits per heavy atom. The van der Waals surface area contributed by atoms with E-state index in [0.29, 0.717) is 0 Å². The highest BCUT2D eigenvalue weighted by Crippen LogP contribution is 2.37. The number of benzene rings is 1. The number of hydrogen-bond acceptors (Lipinski definition) is 4. The molecule has 0 aliphatic carbocycles. The molecule has 2 aromatic rings. The third-order valence-corrected chi connectivity index (χ3v) is 5.54. The van der Waals surface area contributed by atoms with Crippen LogP contribution in [-0.4, -0.2) is 34.6 Å². The minimum Gasteiger partial charge on any atom is -0.443 e. The summed E-state index contributed by atoms with van der Waals surface area (Å²) in [5.41, 5.74) is 0.0604. The van der Waals surface area contributed by atoms with E-state index >= 15 is 0 Å². The first-order valence-corrected chi connectivity index (χ1v) is 9.50. The lowest BCUT2D eigenvalue weighted by atomic mass is 9.79. The molecule has 140 valence electrons. The monoisotopic (exact) mass is 421 g/mol. The average molecular weight is 422 g/mol. The van der Waals surface area contributed by atoms with Gasteiger partial charge in [0, 0.05) is 21.5 Å². The van der Waals surface area contributed by atoms with Gasteiger partial charge in [-0.05, 0) is 70.5 Å². The Bertz CT molecular complexity index is 850. The van der Waals surface area contributed by atoms with Gasteiger partial charge in [0.2, 0.25) is 0 Å². The molecule has 0 unspecified atom stereocenters. The Labute approximate surface area is 163 Å². The molecule has 3 rings (SSSR count). The summed E-state index contributed by atoms with van der Waals surface area (Å²) in [6.45, 7) is 13.6. The molecular formula is C19H25BBrNO4. The standard InChI is InChI=1S/C19H25BBrNO4/c1-17(2,3)24-16(23)22-11-13(12-9-8-10-14(21)15(12)22)20-25-18(4,5)19(6,7)26-20/h8-11H,1-7H3. The molecule has 2 heterocycles. The van der Waals surface area contributed by atoms with Crippen LogP contribution in [0.1, 0.15) is 48.5 Å². The van der Waals surface area contributed by atoms with Crippen molar-refractivity contribution in [2.75, 3.05) is 0 Å². The summed E-state index contributed by atoms with van der Waals surface area (Å²) in [6, 6.07) is 5.79. The number of para-hydroxylation sites is 1. The van der Waals surface area contributed by atoms with Crippen LogP contribution in [0.2, 0.25) is 0 Å². The third kappa shape index (κ3) is 3.32. The number of hydrogen-bond donors (Lipinski definition) is 0. The molecule has 7 heteroatoms. The fourth-order valence-electron chi connectivity index (χ4n) is 2.88. The van der Waals surface area contributed by atoms with Gasteiger partial charge in [-0.25, -0.2) is 4.79 Å². The molecule has 1 saturated heterocycles. The molecule has 5 nitrogen and oxygen atoms in total. The maximum atomic E-state index is 12.7. The van der Waals surface area contributed by atoms with E-state index in [1.54, 1.807) is 6.20 Å². The molecule has 0 N–H and O–H groups in total. The Kier molecular flexibility index (Phi) is 4.57. The van der Waals surface area contributed by atoms with Crippen molar-refractivity contribution in [3.8, 4) is 0 Å². The largest absolute Gasteiger partial charge is 0.497 e. The molecule has 1 fully saturated rings. The highest BCUT2D eigenvalue weighted by atomic mass is 79.9. The average Bonchev–Trinajstić information content (AvgIpc) is 2.94. The highest BCUT2D eigenvalue weighted by molar-refractivity contribution is 9.10. The van der Waals surface area contributed by atoms with E-state index in [2.05, 4.69) is 15.9 Å². The number of carbonyl (C=O) groups excluding carboxylic acids is 1. The zero-order valence-electron chi connectivity index (χ0n) is 16.3. The maximum absolute atomic E-state index is 12.7. The first kappa shape index (κ1) is 19.5. The van der Waals surface area contributed by atoms with E-state index in [-0.39, 0.29) is 0 Å². The number of carbonyl (C=O) groups is 1. The zero-order chi connectivity index (χ0) is 19.5. The maximum Gasteiger partial charge on any atom is 0.497 e. The van der Waals surface area contributed by atoms with Gasteiger partial charge in [0.15, 0.2) is 0 Å². The van der Waals surface area contributed by atoms with Crippen molar-refractivity contribution in [3.63, 3.8) is 0 Å². The van der Waals surface area contributed by atoms with Crippen LogP contribution >= 0.6 is 15.9 Å². The number of ether oxygens (including phenoxy) is 1. The van der Waals surface area contributed by atoms with Crippen molar-refractivity contribution >= 4 is 45.5 Å². The molecule has 0 saturated carbocycles. The van der Waals surface area contributed by atoms with Crippen LogP contribution in [0.4, 0.5) is 4.79 Å². The van der Waals surface area contributed by atoms with Crippen molar-refractivity contribution in [1.29, 1.82) is 0 Å². The summed E-state index contributed by atoms with van der Waals surface area (Å²) in [6.07, 6.45) is 1.32. The van der Waals surface area contributed by atoms with E-state index in [1.807, 2.05) is 66.7 Å². The van der Waals surface area contributed by atoms with Gasteiger partial charge in [-0.15, -0.1) is 0 Å². The number of rotatable bonds is 1. The van der Waals surface area contributed by atoms with Crippen LogP contribution in [-0.2, 0) is 14.0 Å². The Balaban J connectivity index is 2.11. The van der Waals surface area contributed by atoms with Gasteiger partial charge in [-0.3, -0.25) is 4.57 Å². The van der Waals surface area contributed by atoms with E-state index in [4.69, 9.17) is 14.0 Å². The van der Waals surface area contributed by atoms with Crippen molar-refractivity contribution < 1.29 is 18.8 Å². The third-order valence-electron chi connectivity index (χ3n) is 4.90. The first-order valence-electron chi connectivity index (χ1n) is 8.71. The normalized spacial score (nSPS) is 19.2. The van der Waals surface area contributed by atoms with Gasteiger partial charge in [-0.2, -0.15) is 0 Å². The molecule has 0 spiro atoms. The van der Waals surface area contributed by atoms with Crippen molar-refractivity contribution in [3.05, 3.63) is 28.9 Å². The van der Waals surface area contributed by atoms with Gasteiger partial charge in [0.05, 0.1) is 16.7 Å². The van der Waals surface area contributed by atoms with E-state index in [0.717, 1.165) is 20.8 Å². The topological polar surface area (TPSA) is 49.7 Å². The second-order valence-electron chi connectivity index (χ2n) is 8.66. The van der Waals surface area contributed by atoms with Crippen LogP contribution in [0.3, 0.4) is 0 Å². The zero-order valence-corrected chi connectivity index (χ0v) is 17.9. The fraction of sp³-hybridized carbons (Fsp3) is 0.526. The predicted octanol–water partition coefficient (Wildman–Crippen LogP) is 4.49. The van der Waals surface area contributed by atoms with Gasteiger partial charge < -0.3 is 14.0 Å². The second-order valence-corrected chi connectivity index (χ2v) is 9.51. The quantitative estimate of drug-likeness (QED) is 0.636. The molecule has 26 heavy (non-hydrogen) atoms. The summed E-state index contributed by atoms with van der Waals surface area (Å²) in [5.74, 6) is 0. The Hall–Kier alpha value is -1.31. The van der Waals surface area contributed by atoms with E-state index in [1.165, 1.54) is 4.57 Å². The van der Waals surface area contributed by atoms with E-state index in [9.17, 15) is 4.79 Å². The van der Waals surface area contributed by atoms with Crippen LogP contribution in [0.15, 0.2) is 28.9 Å². The number of nitrogens with zero attached hydrogens (tertiary/aromatic N) is 1. The summed E-state index contributed by atoms with van der Waals surface area (Å²) < 4.78 is 20.3. The highest BCUT2D eigenvalue weighted by Gasteiger charge is 2.52. The van der Waals surface area contributed by atoms with E-state index < -0.39 is 30.0 Å². The lowest BCUT2D eigenvalue weighted by Gasteiger charge is -2.32. The smallest absolute Gasteiger partial charge is 0.443 e. The van der Waals surface area contributed by atoms with Crippen molar-refractivity contribution in [2.24, 2.45) is 0 Å². The number of fused-ring (bicyclic) bond motifs is 1. The van der Waals surface area contributed by atoms with Crippen LogP contribution in [0, 0.1) is 0 Å². The minimum absolute atomic E-state index is 0.433. The predicted molar refractivity (Wildman–Crippen MR) is 107 cm³/mol. The van der Waals surface area contributed by atoms with Crippen molar-refractivity contribution in [1.82, 2.24) is 4.57 Å². The van der Waals surface area contributed by atoms with Crippen LogP contribution < -0.4 is 5.46 Å². The van der Waals surface area contributed by atoms with Crippen LogP contribution in [0.5, 0.6) is 0 Å². The number of halogens is 1. The Morgan fingerprint density at radius 1 is 1.15 bits per heavy atom. The van der Waals surface area contributed by atoms with Crippen molar-refractivity contribution in [2.45, 2.75) is 65.3 Å². The summed E-state index contributed by atoms with van der Waals surface area (Å²) in [7, 11) is -0.555. The van der Waals surface area contributed by atoms with Crippen LogP contribution in [0.25, 0.3) is 10.9 Å². The Morgan fingerprint density at radius 3 is 2.27 bits per heavy atom. The first-order chi connectivity index (χ1) is 11.8. The van der Waals surface area contributed by atoms with Gasteiger partial charge in [-0.1, -0.05) is 12.1 Å². The summed E-state index contributed by atoms with van der Waals surface area (Å²) in [4.78, 5) is 12.7. The number of aromatic nitrogens is 1. The molecule has 1 aliphatic rings. The van der Waals surface area contributed by atoms with Gasteiger partial charge in [0.25, 0.3) is 0 Å². The van der Waals surface area contributed by atoms with Gasteiger partial charge >= 0.3 is 13.2 Å². The molecule has 1 aromatic heterocycles. The SMILES string of the molecule is CC(C)(C)OC(=O)n1cc(B2OC(C)(C)C(C)(C)O2)c2cccc(Br)c21. The lowest BCUT2D eigenvalue weighted by molar-refractivity contribution is 0.00578. The van der Waals surface area contributed by atoms with Gasteiger partial charge in [0.1, 0.15) is 5.60 Å². The molecule has 0 amide bonds. The molecule has 0 radical (unpaired) electrons. The molecular weight excluding hydrogens is 397 g/mol. The molecule has 1 aromatic carbocycles. The minimum atomic E-state index is -0.584. The molecule has 1 aliphatic heterocycles. The molecule has 0 bridgehead atoms. The lowest BCUT2D eigenvalue weighted by Crippen LogP contribution is -2.41. The summed E-state index contributed by atoms with van der Waals surface area (Å²) in [5, 5.41) is 0.892. The molecule has 0 atom stereocenters.